The second-order valence-electron chi connectivity index (χ2n) is 6.46. The highest BCUT2D eigenvalue weighted by atomic mass is 32.2. The number of hydrogen-bond donors (Lipinski definition) is 1. The number of thioether (sulfide) groups is 1. The summed E-state index contributed by atoms with van der Waals surface area (Å²) in [5.74, 6) is 1.29. The molecule has 6 heteroatoms. The van der Waals surface area contributed by atoms with Crippen molar-refractivity contribution in [2.75, 3.05) is 5.75 Å². The van der Waals surface area contributed by atoms with Crippen molar-refractivity contribution in [1.29, 1.82) is 0 Å². The fourth-order valence-corrected chi connectivity index (χ4v) is 4.05. The van der Waals surface area contributed by atoms with Gasteiger partial charge in [-0.3, -0.25) is 0 Å². The Hall–Kier alpha value is -3.25. The molecular formula is C23H20N2O3S. The van der Waals surface area contributed by atoms with Crippen LogP contribution in [-0.2, 0) is 6.54 Å². The standard InChI is InChI=1S/C23H20N2O3S/c1-2-29-22-24-19-8-4-5-9-20(19)25(22)15-16-11-13-17(14-12-16)18-7-3-6-10-21(18)28-23(26)27/h3-14H,2,15H2,1H3,(H,26,27). The van der Waals surface area contributed by atoms with E-state index in [4.69, 9.17) is 14.8 Å². The lowest BCUT2D eigenvalue weighted by Crippen LogP contribution is -2.04. The molecule has 0 saturated carbocycles. The van der Waals surface area contributed by atoms with Gasteiger partial charge < -0.3 is 14.4 Å². The van der Waals surface area contributed by atoms with E-state index < -0.39 is 6.16 Å². The molecule has 5 nitrogen and oxygen atoms in total. The van der Waals surface area contributed by atoms with E-state index in [-0.39, 0.29) is 0 Å². The summed E-state index contributed by atoms with van der Waals surface area (Å²) in [6.45, 7) is 2.84. The summed E-state index contributed by atoms with van der Waals surface area (Å²) < 4.78 is 7.14. The van der Waals surface area contributed by atoms with E-state index in [1.807, 2.05) is 42.5 Å². The van der Waals surface area contributed by atoms with Crippen molar-refractivity contribution < 1.29 is 14.6 Å². The smallest absolute Gasteiger partial charge is 0.449 e. The number of imidazole rings is 1. The average Bonchev–Trinajstić information content (AvgIpc) is 3.06. The summed E-state index contributed by atoms with van der Waals surface area (Å²) in [4.78, 5) is 15.7. The molecule has 3 aromatic carbocycles. The third kappa shape index (κ3) is 4.12. The minimum atomic E-state index is -1.32. The normalized spacial score (nSPS) is 10.9. The molecule has 4 aromatic rings. The van der Waals surface area contributed by atoms with Crippen molar-refractivity contribution in [2.24, 2.45) is 0 Å². The Morgan fingerprint density at radius 1 is 1.03 bits per heavy atom. The quantitative estimate of drug-likeness (QED) is 0.245. The first-order valence-corrected chi connectivity index (χ1v) is 10.3. The van der Waals surface area contributed by atoms with Gasteiger partial charge in [0.1, 0.15) is 5.75 Å². The summed E-state index contributed by atoms with van der Waals surface area (Å²) in [7, 11) is 0. The van der Waals surface area contributed by atoms with Gasteiger partial charge >= 0.3 is 6.16 Å². The lowest BCUT2D eigenvalue weighted by molar-refractivity contribution is 0.144. The topological polar surface area (TPSA) is 64.4 Å². The van der Waals surface area contributed by atoms with Crippen LogP contribution in [0.4, 0.5) is 4.79 Å². The van der Waals surface area contributed by atoms with E-state index in [9.17, 15) is 4.79 Å². The second-order valence-corrected chi connectivity index (χ2v) is 7.69. The fraction of sp³-hybridized carbons (Fsp3) is 0.130. The third-order valence-corrected chi connectivity index (χ3v) is 5.44. The van der Waals surface area contributed by atoms with Crippen molar-refractivity contribution >= 4 is 29.0 Å². The number of para-hydroxylation sites is 3. The van der Waals surface area contributed by atoms with Gasteiger partial charge in [0.25, 0.3) is 0 Å². The van der Waals surface area contributed by atoms with Gasteiger partial charge in [0.05, 0.1) is 17.6 Å². The van der Waals surface area contributed by atoms with Gasteiger partial charge in [0, 0.05) is 5.56 Å². The van der Waals surface area contributed by atoms with E-state index in [2.05, 4.69) is 29.7 Å². The first-order chi connectivity index (χ1) is 14.2. The molecule has 1 aromatic heterocycles. The number of aromatic nitrogens is 2. The predicted molar refractivity (Wildman–Crippen MR) is 116 cm³/mol. The van der Waals surface area contributed by atoms with Gasteiger partial charge in [-0.05, 0) is 35.1 Å². The van der Waals surface area contributed by atoms with E-state index in [0.717, 1.165) is 45.2 Å². The largest absolute Gasteiger partial charge is 0.511 e. The number of ether oxygens (including phenoxy) is 1. The number of rotatable bonds is 6. The Bertz CT molecular complexity index is 1150. The van der Waals surface area contributed by atoms with Crippen LogP contribution in [0.2, 0.25) is 0 Å². The van der Waals surface area contributed by atoms with Gasteiger partial charge in [-0.25, -0.2) is 9.78 Å². The van der Waals surface area contributed by atoms with Crippen LogP contribution in [0.15, 0.2) is 78.0 Å². The zero-order valence-corrected chi connectivity index (χ0v) is 16.7. The molecule has 0 unspecified atom stereocenters. The van der Waals surface area contributed by atoms with Gasteiger partial charge in [-0.2, -0.15) is 0 Å². The summed E-state index contributed by atoms with van der Waals surface area (Å²) in [6.07, 6.45) is -1.32. The lowest BCUT2D eigenvalue weighted by atomic mass is 10.0. The van der Waals surface area contributed by atoms with Crippen LogP contribution < -0.4 is 4.74 Å². The molecular weight excluding hydrogens is 384 g/mol. The number of carboxylic acid groups (broad SMARTS) is 1. The molecule has 0 spiro atoms. The zero-order chi connectivity index (χ0) is 20.2. The van der Waals surface area contributed by atoms with Crippen LogP contribution >= 0.6 is 11.8 Å². The van der Waals surface area contributed by atoms with Crippen LogP contribution in [0.1, 0.15) is 12.5 Å². The van der Waals surface area contributed by atoms with Crippen LogP contribution in [0, 0.1) is 0 Å². The average molecular weight is 404 g/mol. The minimum Gasteiger partial charge on any atom is -0.449 e. The molecule has 0 atom stereocenters. The molecule has 1 N–H and O–H groups in total. The fourth-order valence-electron chi connectivity index (χ4n) is 3.31. The third-order valence-electron chi connectivity index (χ3n) is 4.58. The molecule has 0 aliphatic rings. The lowest BCUT2D eigenvalue weighted by Gasteiger charge is -2.11. The second kappa shape index (κ2) is 8.41. The summed E-state index contributed by atoms with van der Waals surface area (Å²) in [5.41, 5.74) is 4.92. The van der Waals surface area contributed by atoms with E-state index in [1.54, 1.807) is 23.9 Å². The number of nitrogens with zero attached hydrogens (tertiary/aromatic N) is 2. The maximum atomic E-state index is 10.9. The molecule has 0 saturated heterocycles. The highest BCUT2D eigenvalue weighted by molar-refractivity contribution is 7.99. The number of carbonyl (C=O) groups is 1. The zero-order valence-electron chi connectivity index (χ0n) is 15.9. The van der Waals surface area contributed by atoms with Gasteiger partial charge in [-0.15, -0.1) is 0 Å². The van der Waals surface area contributed by atoms with Crippen LogP contribution in [0.3, 0.4) is 0 Å². The Labute approximate surface area is 173 Å². The monoisotopic (exact) mass is 404 g/mol. The molecule has 0 fully saturated rings. The van der Waals surface area contributed by atoms with E-state index >= 15 is 0 Å². The van der Waals surface area contributed by atoms with Crippen molar-refractivity contribution in [3.63, 3.8) is 0 Å². The van der Waals surface area contributed by atoms with Gasteiger partial charge in [-0.1, -0.05) is 73.3 Å². The highest BCUT2D eigenvalue weighted by Crippen LogP contribution is 2.31. The highest BCUT2D eigenvalue weighted by Gasteiger charge is 2.12. The molecule has 146 valence electrons. The molecule has 0 bridgehead atoms. The molecule has 0 aliphatic carbocycles. The maximum Gasteiger partial charge on any atom is 0.511 e. The molecule has 0 amide bonds. The van der Waals surface area contributed by atoms with Crippen molar-refractivity contribution in [3.8, 4) is 16.9 Å². The van der Waals surface area contributed by atoms with Crippen molar-refractivity contribution in [1.82, 2.24) is 9.55 Å². The Kier molecular flexibility index (Phi) is 5.53. The SMILES string of the molecule is CCSc1nc2ccccc2n1Cc1ccc(-c2ccccc2OC(=O)O)cc1. The van der Waals surface area contributed by atoms with E-state index in [1.165, 1.54) is 0 Å². The van der Waals surface area contributed by atoms with Crippen molar-refractivity contribution in [2.45, 2.75) is 18.6 Å². The molecule has 4 rings (SSSR count). The Morgan fingerprint density at radius 3 is 2.52 bits per heavy atom. The Balaban J connectivity index is 1.64. The van der Waals surface area contributed by atoms with Crippen molar-refractivity contribution in [3.05, 3.63) is 78.4 Å². The van der Waals surface area contributed by atoms with Crippen LogP contribution in [0.25, 0.3) is 22.2 Å². The molecule has 0 radical (unpaired) electrons. The number of benzene rings is 3. The summed E-state index contributed by atoms with van der Waals surface area (Å²) in [6, 6.07) is 23.4. The molecule has 29 heavy (non-hydrogen) atoms. The minimum absolute atomic E-state index is 0.329. The van der Waals surface area contributed by atoms with E-state index in [0.29, 0.717) is 5.75 Å². The first-order valence-electron chi connectivity index (χ1n) is 9.33. The maximum absolute atomic E-state index is 10.9. The first kappa shape index (κ1) is 19.1. The summed E-state index contributed by atoms with van der Waals surface area (Å²) in [5, 5.41) is 9.96. The van der Waals surface area contributed by atoms with Crippen LogP contribution in [-0.4, -0.2) is 26.6 Å². The summed E-state index contributed by atoms with van der Waals surface area (Å²) >= 11 is 1.73. The van der Waals surface area contributed by atoms with Crippen LogP contribution in [0.5, 0.6) is 5.75 Å². The number of hydrogen-bond acceptors (Lipinski definition) is 4. The van der Waals surface area contributed by atoms with Gasteiger partial charge in [0.2, 0.25) is 0 Å². The number of fused-ring (bicyclic) bond motifs is 1. The molecule has 0 aliphatic heterocycles. The predicted octanol–water partition coefficient (Wildman–Crippen LogP) is 5.92. The van der Waals surface area contributed by atoms with Gasteiger partial charge in [0.15, 0.2) is 5.16 Å². The Morgan fingerprint density at radius 2 is 1.76 bits per heavy atom. The molecule has 1 heterocycles.